The van der Waals surface area contributed by atoms with Gasteiger partial charge >= 0.3 is 6.03 Å². The molecule has 2 rings (SSSR count). The lowest BCUT2D eigenvalue weighted by molar-refractivity contribution is -0.143. The molecule has 116 valence electrons. The summed E-state index contributed by atoms with van der Waals surface area (Å²) in [5, 5.41) is 4.56. The Kier molecular flexibility index (Phi) is 5.19. The van der Waals surface area contributed by atoms with Gasteiger partial charge in [0.05, 0.1) is 24.7 Å². The number of ether oxygens (including phenoxy) is 1. The molecule has 2 heterocycles. The van der Waals surface area contributed by atoms with Crippen molar-refractivity contribution < 1.29 is 14.3 Å². The molecule has 3 amide bonds. The summed E-state index contributed by atoms with van der Waals surface area (Å²) < 4.78 is 5.63. The van der Waals surface area contributed by atoms with Gasteiger partial charge in [0.2, 0.25) is 5.91 Å². The summed E-state index contributed by atoms with van der Waals surface area (Å²) in [4.78, 5) is 26.3. The fourth-order valence-electron chi connectivity index (χ4n) is 2.57. The second-order valence-electron chi connectivity index (χ2n) is 5.34. The first-order chi connectivity index (χ1) is 9.95. The fourth-order valence-corrected chi connectivity index (χ4v) is 3.35. The second-order valence-corrected chi connectivity index (χ2v) is 6.32. The van der Waals surface area contributed by atoms with Gasteiger partial charge in [-0.1, -0.05) is 6.07 Å². The van der Waals surface area contributed by atoms with E-state index in [1.165, 1.54) is 11.3 Å². The van der Waals surface area contributed by atoms with Gasteiger partial charge in [0.1, 0.15) is 0 Å². The maximum atomic E-state index is 12.5. The lowest BCUT2D eigenvalue weighted by Crippen LogP contribution is -2.49. The molecule has 3 atom stereocenters. The molecule has 1 fully saturated rings. The Morgan fingerprint density at radius 3 is 2.67 bits per heavy atom. The molecule has 0 bridgehead atoms. The average molecular weight is 311 g/mol. The number of carbonyl (C=O) groups excluding carboxylic acids is 2. The van der Waals surface area contributed by atoms with Gasteiger partial charge in [-0.25, -0.2) is 4.79 Å². The minimum Gasteiger partial charge on any atom is -0.372 e. The molecule has 0 aliphatic carbocycles. The molecule has 1 aliphatic rings. The van der Waals surface area contributed by atoms with Crippen molar-refractivity contribution in [1.82, 2.24) is 10.2 Å². The maximum absolute atomic E-state index is 12.5. The van der Waals surface area contributed by atoms with Crippen LogP contribution in [0.5, 0.6) is 0 Å². The Bertz CT molecular complexity index is 482. The Labute approximate surface area is 128 Å². The van der Waals surface area contributed by atoms with Crippen LogP contribution in [0.3, 0.4) is 0 Å². The molecule has 3 N–H and O–H groups in total. The van der Waals surface area contributed by atoms with Gasteiger partial charge in [-0.15, -0.1) is 11.3 Å². The number of hydrogen-bond acceptors (Lipinski definition) is 4. The molecule has 1 saturated heterocycles. The lowest BCUT2D eigenvalue weighted by Gasteiger charge is -2.36. The van der Waals surface area contributed by atoms with Gasteiger partial charge in [0.25, 0.3) is 0 Å². The number of nitrogens with two attached hydrogens (primary N) is 1. The summed E-state index contributed by atoms with van der Waals surface area (Å²) in [5.74, 6) is 0.00384. The summed E-state index contributed by atoms with van der Waals surface area (Å²) in [5.41, 5.74) is 5.21. The summed E-state index contributed by atoms with van der Waals surface area (Å²) in [6, 6.07) is 2.79. The normalized spacial score (nSPS) is 23.6. The first-order valence-electron chi connectivity index (χ1n) is 6.98. The van der Waals surface area contributed by atoms with Crippen LogP contribution in [0, 0.1) is 0 Å². The van der Waals surface area contributed by atoms with Gasteiger partial charge in [-0.3, -0.25) is 4.79 Å². The SMILES string of the molecule is CC1CN(C(=O)CC(NC(N)=O)c2cccs2)CC(C)O1. The number of primary amides is 1. The smallest absolute Gasteiger partial charge is 0.312 e. The van der Waals surface area contributed by atoms with Crippen molar-refractivity contribution in [2.45, 2.75) is 38.5 Å². The molecule has 6 nitrogen and oxygen atoms in total. The lowest BCUT2D eigenvalue weighted by atomic mass is 10.1. The molecular weight excluding hydrogens is 290 g/mol. The van der Waals surface area contributed by atoms with E-state index in [9.17, 15) is 9.59 Å². The zero-order valence-corrected chi connectivity index (χ0v) is 13.1. The highest BCUT2D eigenvalue weighted by Gasteiger charge is 2.28. The maximum Gasteiger partial charge on any atom is 0.312 e. The molecular formula is C14H21N3O3S. The predicted molar refractivity (Wildman–Crippen MR) is 81.0 cm³/mol. The molecule has 1 aliphatic heterocycles. The van der Waals surface area contributed by atoms with Crippen LogP contribution in [0.15, 0.2) is 17.5 Å². The average Bonchev–Trinajstić information content (AvgIpc) is 2.89. The molecule has 0 radical (unpaired) electrons. The van der Waals surface area contributed by atoms with E-state index < -0.39 is 6.03 Å². The molecule has 0 spiro atoms. The van der Waals surface area contributed by atoms with Gasteiger partial charge in [0, 0.05) is 18.0 Å². The highest BCUT2D eigenvalue weighted by molar-refractivity contribution is 7.10. The van der Waals surface area contributed by atoms with Gasteiger partial charge in [0.15, 0.2) is 0 Å². The number of morpholine rings is 1. The number of urea groups is 1. The molecule has 1 aromatic rings. The van der Waals surface area contributed by atoms with Gasteiger partial charge < -0.3 is 20.7 Å². The van der Waals surface area contributed by atoms with Crippen molar-refractivity contribution in [2.75, 3.05) is 13.1 Å². The number of carbonyl (C=O) groups is 2. The van der Waals surface area contributed by atoms with Crippen molar-refractivity contribution in [3.63, 3.8) is 0 Å². The largest absolute Gasteiger partial charge is 0.372 e. The van der Waals surface area contributed by atoms with E-state index in [0.717, 1.165) is 4.88 Å². The number of nitrogens with one attached hydrogen (secondary N) is 1. The van der Waals surface area contributed by atoms with Crippen LogP contribution in [0.2, 0.25) is 0 Å². The molecule has 3 unspecified atom stereocenters. The summed E-state index contributed by atoms with van der Waals surface area (Å²) in [7, 11) is 0. The van der Waals surface area contributed by atoms with E-state index in [4.69, 9.17) is 10.5 Å². The third kappa shape index (κ3) is 4.44. The molecule has 21 heavy (non-hydrogen) atoms. The Morgan fingerprint density at radius 1 is 1.48 bits per heavy atom. The highest BCUT2D eigenvalue weighted by Crippen LogP contribution is 2.23. The van der Waals surface area contributed by atoms with Crippen LogP contribution in [-0.2, 0) is 9.53 Å². The van der Waals surface area contributed by atoms with E-state index in [2.05, 4.69) is 5.32 Å². The minimum absolute atomic E-state index is 0.00384. The summed E-state index contributed by atoms with van der Waals surface area (Å²) >= 11 is 1.50. The van der Waals surface area contributed by atoms with Crippen LogP contribution in [-0.4, -0.2) is 42.1 Å². The fraction of sp³-hybridized carbons (Fsp3) is 0.571. The van der Waals surface area contributed by atoms with Gasteiger partial charge in [-0.05, 0) is 25.3 Å². The van der Waals surface area contributed by atoms with Gasteiger partial charge in [-0.2, -0.15) is 0 Å². The van der Waals surface area contributed by atoms with Crippen molar-refractivity contribution in [3.8, 4) is 0 Å². The first-order valence-corrected chi connectivity index (χ1v) is 7.86. The third-order valence-electron chi connectivity index (χ3n) is 3.35. The Morgan fingerprint density at radius 2 is 2.14 bits per heavy atom. The van der Waals surface area contributed by atoms with E-state index in [0.29, 0.717) is 13.1 Å². The topological polar surface area (TPSA) is 84.7 Å². The predicted octanol–water partition coefficient (Wildman–Crippen LogP) is 1.48. The minimum atomic E-state index is -0.620. The molecule has 7 heteroatoms. The van der Waals surface area contributed by atoms with E-state index in [-0.39, 0.29) is 30.6 Å². The van der Waals surface area contributed by atoms with Crippen LogP contribution in [0.25, 0.3) is 0 Å². The van der Waals surface area contributed by atoms with Crippen LogP contribution in [0.4, 0.5) is 4.79 Å². The second kappa shape index (κ2) is 6.91. The zero-order chi connectivity index (χ0) is 15.4. The van der Waals surface area contributed by atoms with Crippen molar-refractivity contribution in [3.05, 3.63) is 22.4 Å². The standard InChI is InChI=1S/C14H21N3O3S/c1-9-7-17(8-10(2)20-9)13(18)6-11(16-14(15)19)12-4-3-5-21-12/h3-5,9-11H,6-8H2,1-2H3,(H3,15,16,19). The number of rotatable bonds is 4. The van der Waals surface area contributed by atoms with E-state index in [1.807, 2.05) is 31.4 Å². The quantitative estimate of drug-likeness (QED) is 0.883. The van der Waals surface area contributed by atoms with Crippen molar-refractivity contribution >= 4 is 23.3 Å². The number of amides is 3. The highest BCUT2D eigenvalue weighted by atomic mass is 32.1. The van der Waals surface area contributed by atoms with E-state index in [1.54, 1.807) is 4.90 Å². The van der Waals surface area contributed by atoms with E-state index >= 15 is 0 Å². The van der Waals surface area contributed by atoms with Crippen LogP contribution < -0.4 is 11.1 Å². The molecule has 1 aromatic heterocycles. The van der Waals surface area contributed by atoms with Crippen LogP contribution in [0.1, 0.15) is 31.2 Å². The number of thiophene rings is 1. The van der Waals surface area contributed by atoms with Crippen molar-refractivity contribution in [2.24, 2.45) is 5.73 Å². The summed E-state index contributed by atoms with van der Waals surface area (Å²) in [6.45, 7) is 5.07. The van der Waals surface area contributed by atoms with Crippen LogP contribution >= 0.6 is 11.3 Å². The number of nitrogens with zero attached hydrogens (tertiary/aromatic N) is 1. The third-order valence-corrected chi connectivity index (χ3v) is 4.34. The monoisotopic (exact) mass is 311 g/mol. The Hall–Kier alpha value is -1.60. The van der Waals surface area contributed by atoms with Crippen molar-refractivity contribution in [1.29, 1.82) is 0 Å². The first kappa shape index (κ1) is 15.8. The summed E-state index contributed by atoms with van der Waals surface area (Å²) in [6.07, 6.45) is 0.270. The Balaban J connectivity index is 2.02. The molecule has 0 aromatic carbocycles. The zero-order valence-electron chi connectivity index (χ0n) is 12.2. The number of hydrogen-bond donors (Lipinski definition) is 2. The molecule has 0 saturated carbocycles.